The molecule has 2 unspecified atom stereocenters. The highest BCUT2D eigenvalue weighted by Crippen LogP contribution is 2.39. The zero-order chi connectivity index (χ0) is 20.7. The molecule has 4 nitrogen and oxygen atoms in total. The first-order chi connectivity index (χ1) is 14.7. The van der Waals surface area contributed by atoms with Crippen LogP contribution in [0.15, 0.2) is 36.4 Å². The Bertz CT molecular complexity index is 1070. The molecule has 5 rings (SSSR count). The van der Waals surface area contributed by atoms with Crippen LogP contribution in [0.25, 0.3) is 10.2 Å². The molecule has 3 heterocycles. The van der Waals surface area contributed by atoms with Crippen LogP contribution in [0.5, 0.6) is 0 Å². The summed E-state index contributed by atoms with van der Waals surface area (Å²) in [7, 11) is 0. The summed E-state index contributed by atoms with van der Waals surface area (Å²) in [6, 6.07) is 13.3. The van der Waals surface area contributed by atoms with Crippen molar-refractivity contribution in [3.8, 4) is 0 Å². The summed E-state index contributed by atoms with van der Waals surface area (Å²) in [5, 5.41) is 0.959. The van der Waals surface area contributed by atoms with Crippen LogP contribution in [-0.2, 0) is 12.8 Å². The van der Waals surface area contributed by atoms with E-state index in [0.29, 0.717) is 22.5 Å². The summed E-state index contributed by atoms with van der Waals surface area (Å²) >= 11 is 1.48. The monoisotopic (exact) mass is 419 g/mol. The average Bonchev–Trinajstić information content (AvgIpc) is 3.12. The van der Waals surface area contributed by atoms with Crippen LogP contribution < -0.4 is 5.73 Å². The number of carbonyl (C=O) groups is 1. The zero-order valence-corrected chi connectivity index (χ0v) is 18.4. The maximum Gasteiger partial charge on any atom is 0.266 e. The SMILES string of the molecule is CCC1CCCCN1C(=O)c1sc2nc3c(cc2c1N)CC(c1ccccc1)CC3. The van der Waals surface area contributed by atoms with Gasteiger partial charge < -0.3 is 10.6 Å². The highest BCUT2D eigenvalue weighted by atomic mass is 32.1. The molecule has 30 heavy (non-hydrogen) atoms. The Morgan fingerprint density at radius 1 is 1.23 bits per heavy atom. The summed E-state index contributed by atoms with van der Waals surface area (Å²) in [4.78, 5) is 22.0. The third-order valence-corrected chi connectivity index (χ3v) is 8.01. The zero-order valence-electron chi connectivity index (χ0n) is 17.6. The molecular formula is C25H29N3OS. The number of rotatable bonds is 3. The molecule has 2 aliphatic rings. The Balaban J connectivity index is 1.47. The number of fused-ring (bicyclic) bond motifs is 2. The maximum absolute atomic E-state index is 13.3. The molecule has 0 bridgehead atoms. The Kier molecular flexibility index (Phi) is 5.23. The molecule has 5 heteroatoms. The van der Waals surface area contributed by atoms with Crippen molar-refractivity contribution in [2.75, 3.05) is 12.3 Å². The number of nitrogens with two attached hydrogens (primary N) is 1. The van der Waals surface area contributed by atoms with E-state index < -0.39 is 0 Å². The fourth-order valence-electron chi connectivity index (χ4n) is 5.18. The molecule has 1 aliphatic heterocycles. The van der Waals surface area contributed by atoms with E-state index in [4.69, 9.17) is 10.7 Å². The number of nitrogens with zero attached hydrogens (tertiary/aromatic N) is 2. The number of anilines is 1. The van der Waals surface area contributed by atoms with Crippen molar-refractivity contribution in [2.24, 2.45) is 0 Å². The summed E-state index contributed by atoms with van der Waals surface area (Å²) in [5.41, 5.74) is 11.0. The molecule has 0 saturated carbocycles. The lowest BCUT2D eigenvalue weighted by Gasteiger charge is -2.35. The molecule has 1 aliphatic carbocycles. The Morgan fingerprint density at radius 3 is 2.87 bits per heavy atom. The van der Waals surface area contributed by atoms with Crippen LogP contribution in [-0.4, -0.2) is 28.4 Å². The minimum Gasteiger partial charge on any atom is -0.397 e. The lowest BCUT2D eigenvalue weighted by atomic mass is 9.82. The lowest BCUT2D eigenvalue weighted by molar-refractivity contribution is 0.0614. The standard InChI is InChI=1S/C25H29N3OS/c1-2-19-10-6-7-13-28(19)25(29)23-22(26)20-15-18-14-17(16-8-4-3-5-9-16)11-12-21(18)27-24(20)30-23/h3-5,8-9,15,17,19H,2,6-7,10-14,26H2,1H3. The molecule has 3 aromatic rings. The largest absolute Gasteiger partial charge is 0.397 e. The molecule has 156 valence electrons. The van der Waals surface area contributed by atoms with Crippen LogP contribution in [0.1, 0.15) is 71.4 Å². The molecule has 0 radical (unpaired) electrons. The van der Waals surface area contributed by atoms with Gasteiger partial charge >= 0.3 is 0 Å². The molecule has 2 aromatic heterocycles. The van der Waals surface area contributed by atoms with Crippen molar-refractivity contribution in [3.63, 3.8) is 0 Å². The van der Waals surface area contributed by atoms with Gasteiger partial charge in [0.2, 0.25) is 0 Å². The molecule has 0 spiro atoms. The number of hydrogen-bond donors (Lipinski definition) is 1. The number of amides is 1. The minimum atomic E-state index is 0.0992. The number of hydrogen-bond acceptors (Lipinski definition) is 4. The third-order valence-electron chi connectivity index (χ3n) is 6.91. The van der Waals surface area contributed by atoms with Crippen molar-refractivity contribution in [2.45, 2.75) is 63.8 Å². The topological polar surface area (TPSA) is 59.2 Å². The number of nitrogen functional groups attached to an aromatic ring is 1. The quantitative estimate of drug-likeness (QED) is 0.605. The maximum atomic E-state index is 13.3. The van der Waals surface area contributed by atoms with Crippen molar-refractivity contribution < 1.29 is 4.79 Å². The van der Waals surface area contributed by atoms with Gasteiger partial charge in [0.15, 0.2) is 0 Å². The van der Waals surface area contributed by atoms with Gasteiger partial charge in [-0.05, 0) is 68.1 Å². The number of aryl methyl sites for hydroxylation is 1. The van der Waals surface area contributed by atoms with Crippen molar-refractivity contribution in [1.82, 2.24) is 9.88 Å². The predicted octanol–water partition coefficient (Wildman–Crippen LogP) is 5.56. The van der Waals surface area contributed by atoms with Gasteiger partial charge in [-0.2, -0.15) is 0 Å². The fraction of sp³-hybridized carbons (Fsp3) is 0.440. The first kappa shape index (κ1) is 19.6. The first-order valence-corrected chi connectivity index (χ1v) is 12.0. The van der Waals surface area contributed by atoms with E-state index in [-0.39, 0.29) is 5.91 Å². The highest BCUT2D eigenvalue weighted by molar-refractivity contribution is 7.21. The van der Waals surface area contributed by atoms with Gasteiger partial charge in [0.25, 0.3) is 5.91 Å². The number of likely N-dealkylation sites (tertiary alicyclic amines) is 1. The molecule has 1 fully saturated rings. The second kappa shape index (κ2) is 8.03. The van der Waals surface area contributed by atoms with Gasteiger partial charge in [-0.3, -0.25) is 4.79 Å². The van der Waals surface area contributed by atoms with Crippen molar-refractivity contribution >= 4 is 33.1 Å². The van der Waals surface area contributed by atoms with Crippen LogP contribution in [0.4, 0.5) is 5.69 Å². The summed E-state index contributed by atoms with van der Waals surface area (Å²) < 4.78 is 0. The number of benzene rings is 1. The first-order valence-electron chi connectivity index (χ1n) is 11.2. The van der Waals surface area contributed by atoms with Crippen LogP contribution in [0, 0.1) is 0 Å². The number of piperidine rings is 1. The Hall–Kier alpha value is -2.40. The van der Waals surface area contributed by atoms with Gasteiger partial charge in [0.1, 0.15) is 9.71 Å². The van der Waals surface area contributed by atoms with Crippen LogP contribution in [0.3, 0.4) is 0 Å². The number of thiophene rings is 1. The van der Waals surface area contributed by atoms with E-state index in [1.54, 1.807) is 0 Å². The molecule has 2 N–H and O–H groups in total. The predicted molar refractivity (Wildman–Crippen MR) is 124 cm³/mol. The second-order valence-electron chi connectivity index (χ2n) is 8.70. The third kappa shape index (κ3) is 3.39. The second-order valence-corrected chi connectivity index (χ2v) is 9.70. The molecule has 1 amide bonds. The molecular weight excluding hydrogens is 390 g/mol. The minimum absolute atomic E-state index is 0.0992. The summed E-state index contributed by atoms with van der Waals surface area (Å²) in [5.74, 6) is 0.625. The molecule has 1 aromatic carbocycles. The molecule has 2 atom stereocenters. The molecule has 1 saturated heterocycles. The van der Waals surface area contributed by atoms with Gasteiger partial charge in [-0.1, -0.05) is 37.3 Å². The number of carbonyl (C=O) groups excluding carboxylic acids is 1. The van der Waals surface area contributed by atoms with Gasteiger partial charge in [-0.15, -0.1) is 11.3 Å². The van der Waals surface area contributed by atoms with Gasteiger partial charge in [-0.25, -0.2) is 4.98 Å². The summed E-state index contributed by atoms with van der Waals surface area (Å²) in [6.45, 7) is 3.01. The Labute approximate surface area is 182 Å². The van der Waals surface area contributed by atoms with Gasteiger partial charge in [0, 0.05) is 23.7 Å². The van der Waals surface area contributed by atoms with E-state index in [2.05, 4.69) is 48.2 Å². The lowest BCUT2D eigenvalue weighted by Crippen LogP contribution is -2.43. The van der Waals surface area contributed by atoms with E-state index in [9.17, 15) is 4.79 Å². The van der Waals surface area contributed by atoms with Crippen LogP contribution >= 0.6 is 11.3 Å². The van der Waals surface area contributed by atoms with E-state index >= 15 is 0 Å². The van der Waals surface area contributed by atoms with Crippen molar-refractivity contribution in [1.29, 1.82) is 0 Å². The normalized spacial score (nSPS) is 21.6. The van der Waals surface area contributed by atoms with E-state index in [1.165, 1.54) is 34.6 Å². The van der Waals surface area contributed by atoms with E-state index in [1.807, 2.05) is 0 Å². The van der Waals surface area contributed by atoms with Crippen molar-refractivity contribution in [3.05, 3.63) is 58.1 Å². The van der Waals surface area contributed by atoms with Crippen LogP contribution in [0.2, 0.25) is 0 Å². The average molecular weight is 420 g/mol. The number of aromatic nitrogens is 1. The van der Waals surface area contributed by atoms with E-state index in [0.717, 1.165) is 55.3 Å². The fourth-order valence-corrected chi connectivity index (χ4v) is 6.23. The smallest absolute Gasteiger partial charge is 0.266 e. The highest BCUT2D eigenvalue weighted by Gasteiger charge is 2.30. The summed E-state index contributed by atoms with van der Waals surface area (Å²) in [6.07, 6.45) is 7.49. The number of pyridine rings is 1. The Morgan fingerprint density at radius 2 is 2.07 bits per heavy atom. The van der Waals surface area contributed by atoms with Gasteiger partial charge in [0.05, 0.1) is 5.69 Å².